The Hall–Kier alpha value is -1.03. The van der Waals surface area contributed by atoms with E-state index in [9.17, 15) is 18.0 Å². The first-order valence-electron chi connectivity index (χ1n) is 3.73. The lowest BCUT2D eigenvalue weighted by atomic mass is 10.1. The van der Waals surface area contributed by atoms with E-state index in [0.29, 0.717) is 6.29 Å². The van der Waals surface area contributed by atoms with Gasteiger partial charge in [0.1, 0.15) is 6.29 Å². The monoisotopic (exact) mass is 222 g/mol. The van der Waals surface area contributed by atoms with Crippen molar-refractivity contribution >= 4 is 17.9 Å². The van der Waals surface area contributed by atoms with Crippen molar-refractivity contribution in [2.24, 2.45) is 0 Å². The summed E-state index contributed by atoms with van der Waals surface area (Å²) in [4.78, 5) is 10.3. The molecule has 1 aromatic carbocycles. The molecular weight excluding hydrogens is 217 g/mol. The van der Waals surface area contributed by atoms with Gasteiger partial charge in [-0.1, -0.05) is 17.7 Å². The van der Waals surface area contributed by atoms with Crippen LogP contribution in [-0.2, 0) is 0 Å². The van der Waals surface area contributed by atoms with Gasteiger partial charge in [0.05, 0.1) is 0 Å². The maximum absolute atomic E-state index is 12.9. The molecule has 5 heteroatoms. The van der Waals surface area contributed by atoms with Crippen molar-refractivity contribution in [3.8, 4) is 0 Å². The van der Waals surface area contributed by atoms with Crippen molar-refractivity contribution in [2.75, 3.05) is 0 Å². The molecule has 0 aliphatic heterocycles. The van der Waals surface area contributed by atoms with E-state index in [1.165, 1.54) is 12.1 Å². The van der Waals surface area contributed by atoms with Gasteiger partial charge in [0.15, 0.2) is 6.17 Å². The predicted molar refractivity (Wildman–Crippen MR) is 46.7 cm³/mol. The van der Waals surface area contributed by atoms with Crippen molar-refractivity contribution < 1.29 is 18.0 Å². The summed E-state index contributed by atoms with van der Waals surface area (Å²) >= 11 is 5.50. The lowest BCUT2D eigenvalue weighted by Crippen LogP contribution is -2.04. The van der Waals surface area contributed by atoms with Gasteiger partial charge >= 0.3 is 0 Å². The van der Waals surface area contributed by atoms with E-state index in [1.54, 1.807) is 0 Å². The van der Waals surface area contributed by atoms with Gasteiger partial charge in [-0.15, -0.1) is 0 Å². The SMILES string of the molecule is O=Cc1ccc(Cl)c(C(F)C(F)F)c1. The Bertz CT molecular complexity index is 341. The number of carbonyl (C=O) groups is 1. The molecule has 1 unspecified atom stereocenters. The molecule has 0 N–H and O–H groups in total. The van der Waals surface area contributed by atoms with Gasteiger partial charge in [0.25, 0.3) is 6.43 Å². The van der Waals surface area contributed by atoms with Crippen LogP contribution in [0, 0.1) is 0 Å². The molecule has 1 aromatic rings. The van der Waals surface area contributed by atoms with Crippen LogP contribution < -0.4 is 0 Å². The highest BCUT2D eigenvalue weighted by molar-refractivity contribution is 6.31. The van der Waals surface area contributed by atoms with Crippen molar-refractivity contribution in [3.05, 3.63) is 34.3 Å². The topological polar surface area (TPSA) is 17.1 Å². The third-order valence-corrected chi connectivity index (χ3v) is 2.02. The minimum Gasteiger partial charge on any atom is -0.298 e. The summed E-state index contributed by atoms with van der Waals surface area (Å²) < 4.78 is 36.9. The molecule has 0 spiro atoms. The standard InChI is InChI=1S/C9H6ClF3O/c10-7-2-1-5(4-14)3-6(7)8(11)9(12)13/h1-4,8-9H. The largest absolute Gasteiger partial charge is 0.298 e. The smallest absolute Gasteiger partial charge is 0.273 e. The first kappa shape index (κ1) is 11.0. The van der Waals surface area contributed by atoms with Crippen LogP contribution in [0.15, 0.2) is 18.2 Å². The fourth-order valence-corrected chi connectivity index (χ4v) is 1.20. The lowest BCUT2D eigenvalue weighted by molar-refractivity contribution is 0.0496. The van der Waals surface area contributed by atoms with Gasteiger partial charge in [-0.25, -0.2) is 13.2 Å². The maximum atomic E-state index is 12.9. The Kier molecular flexibility index (Phi) is 3.52. The quantitative estimate of drug-likeness (QED) is 0.716. The van der Waals surface area contributed by atoms with Gasteiger partial charge in [-0.2, -0.15) is 0 Å². The number of rotatable bonds is 3. The third-order valence-electron chi connectivity index (χ3n) is 1.67. The van der Waals surface area contributed by atoms with Crippen LogP contribution in [0.3, 0.4) is 0 Å². The first-order valence-corrected chi connectivity index (χ1v) is 4.11. The van der Waals surface area contributed by atoms with Crippen LogP contribution in [0.1, 0.15) is 22.1 Å². The Morgan fingerprint density at radius 3 is 2.43 bits per heavy atom. The number of alkyl halides is 3. The van der Waals surface area contributed by atoms with E-state index in [-0.39, 0.29) is 16.1 Å². The molecule has 1 nitrogen and oxygen atoms in total. The third kappa shape index (κ3) is 2.26. The second-order valence-corrected chi connectivity index (χ2v) is 3.04. The molecule has 0 amide bonds. The van der Waals surface area contributed by atoms with E-state index in [2.05, 4.69) is 0 Å². The van der Waals surface area contributed by atoms with Gasteiger partial charge in [0.2, 0.25) is 0 Å². The van der Waals surface area contributed by atoms with Gasteiger partial charge < -0.3 is 0 Å². The van der Waals surface area contributed by atoms with Crippen LogP contribution in [0.2, 0.25) is 5.02 Å². The molecule has 1 rings (SSSR count). The molecule has 0 saturated heterocycles. The Morgan fingerprint density at radius 1 is 1.29 bits per heavy atom. The predicted octanol–water partition coefficient (Wildman–Crippen LogP) is 3.43. The zero-order chi connectivity index (χ0) is 10.7. The second kappa shape index (κ2) is 4.46. The van der Waals surface area contributed by atoms with E-state index >= 15 is 0 Å². The zero-order valence-corrected chi connectivity index (χ0v) is 7.64. The molecule has 0 fully saturated rings. The Balaban J connectivity index is 3.11. The zero-order valence-electron chi connectivity index (χ0n) is 6.88. The summed E-state index contributed by atoms with van der Waals surface area (Å²) in [5.74, 6) is 0. The lowest BCUT2D eigenvalue weighted by Gasteiger charge is -2.09. The summed E-state index contributed by atoms with van der Waals surface area (Å²) in [7, 11) is 0. The van der Waals surface area contributed by atoms with E-state index in [1.807, 2.05) is 0 Å². The summed E-state index contributed by atoms with van der Waals surface area (Å²) in [6.45, 7) is 0. The molecule has 76 valence electrons. The first-order chi connectivity index (χ1) is 6.56. The average Bonchev–Trinajstić information content (AvgIpc) is 2.17. The van der Waals surface area contributed by atoms with Crippen LogP contribution in [0.5, 0.6) is 0 Å². The average molecular weight is 223 g/mol. The molecule has 0 saturated carbocycles. The molecular formula is C9H6ClF3O. The van der Waals surface area contributed by atoms with Crippen LogP contribution in [0.25, 0.3) is 0 Å². The fourth-order valence-electron chi connectivity index (χ4n) is 0.983. The van der Waals surface area contributed by atoms with Gasteiger partial charge in [-0.3, -0.25) is 4.79 Å². The molecule has 0 bridgehead atoms. The molecule has 14 heavy (non-hydrogen) atoms. The van der Waals surface area contributed by atoms with E-state index < -0.39 is 12.6 Å². The number of hydrogen-bond donors (Lipinski definition) is 0. The second-order valence-electron chi connectivity index (χ2n) is 2.64. The minimum atomic E-state index is -3.14. The number of halogens is 4. The molecule has 0 aliphatic rings. The Labute approximate surface area is 83.5 Å². The van der Waals surface area contributed by atoms with E-state index in [0.717, 1.165) is 6.07 Å². The van der Waals surface area contributed by atoms with Crippen LogP contribution in [0.4, 0.5) is 13.2 Å². The van der Waals surface area contributed by atoms with E-state index in [4.69, 9.17) is 11.6 Å². The highest BCUT2D eigenvalue weighted by Crippen LogP contribution is 2.30. The molecule has 0 radical (unpaired) electrons. The summed E-state index contributed by atoms with van der Waals surface area (Å²) in [5, 5.41) is -0.108. The van der Waals surface area contributed by atoms with Crippen molar-refractivity contribution in [3.63, 3.8) is 0 Å². The van der Waals surface area contributed by atoms with Crippen molar-refractivity contribution in [1.82, 2.24) is 0 Å². The van der Waals surface area contributed by atoms with Gasteiger partial charge in [-0.05, 0) is 12.1 Å². The van der Waals surface area contributed by atoms with Crippen molar-refractivity contribution in [2.45, 2.75) is 12.6 Å². The highest BCUT2D eigenvalue weighted by atomic mass is 35.5. The number of carbonyl (C=O) groups excluding carboxylic acids is 1. The van der Waals surface area contributed by atoms with Crippen LogP contribution in [-0.4, -0.2) is 12.7 Å². The maximum Gasteiger partial charge on any atom is 0.273 e. The summed E-state index contributed by atoms with van der Waals surface area (Å²) in [5.41, 5.74) is -0.237. The number of aldehydes is 1. The molecule has 0 heterocycles. The van der Waals surface area contributed by atoms with Crippen molar-refractivity contribution in [1.29, 1.82) is 0 Å². The molecule has 1 atom stereocenters. The summed E-state index contributed by atoms with van der Waals surface area (Å²) in [6, 6.07) is 3.57. The van der Waals surface area contributed by atoms with Crippen LogP contribution >= 0.6 is 11.6 Å². The minimum absolute atomic E-state index is 0.108. The Morgan fingerprint density at radius 2 is 1.93 bits per heavy atom. The van der Waals surface area contributed by atoms with Gasteiger partial charge in [0, 0.05) is 16.1 Å². The number of hydrogen-bond acceptors (Lipinski definition) is 1. The fraction of sp³-hybridized carbons (Fsp3) is 0.222. The number of benzene rings is 1. The molecule has 0 aliphatic carbocycles. The summed E-state index contributed by atoms with van der Waals surface area (Å²) in [6.07, 6.45) is -5.16. The highest BCUT2D eigenvalue weighted by Gasteiger charge is 2.23. The normalized spacial score (nSPS) is 12.9. The molecule has 0 aromatic heterocycles.